The number of ether oxygens (including phenoxy) is 2. The van der Waals surface area contributed by atoms with Crippen LogP contribution >= 0.6 is 19.2 Å². The molecule has 0 spiro atoms. The van der Waals surface area contributed by atoms with Crippen molar-refractivity contribution in [1.29, 1.82) is 0 Å². The fourth-order valence-electron chi connectivity index (χ4n) is 4.42. The normalized spacial score (nSPS) is 12.8. The van der Waals surface area contributed by atoms with Gasteiger partial charge in [0.25, 0.3) is 0 Å². The van der Waals surface area contributed by atoms with Crippen LogP contribution in [0.1, 0.15) is 16.7 Å². The zero-order valence-corrected chi connectivity index (χ0v) is 25.5. The summed E-state index contributed by atoms with van der Waals surface area (Å²) in [7, 11) is -9.33. The second-order valence-corrected chi connectivity index (χ2v) is 13.5. The molecule has 0 aliphatic heterocycles. The summed E-state index contributed by atoms with van der Waals surface area (Å²) in [6.07, 6.45) is -5.22. The van der Waals surface area contributed by atoms with Crippen molar-refractivity contribution in [1.82, 2.24) is 4.31 Å². The van der Waals surface area contributed by atoms with Gasteiger partial charge in [0, 0.05) is 13.1 Å². The van der Waals surface area contributed by atoms with Crippen LogP contribution in [0.5, 0.6) is 11.5 Å². The molecule has 4 aromatic rings. The van der Waals surface area contributed by atoms with Crippen molar-refractivity contribution in [2.24, 2.45) is 0 Å². The van der Waals surface area contributed by atoms with Crippen molar-refractivity contribution in [2.75, 3.05) is 7.11 Å². The molecular weight excluding hydrogens is 668 g/mol. The largest absolute Gasteiger partial charge is 0.573 e. The summed E-state index contributed by atoms with van der Waals surface area (Å²) in [5.74, 6) is -0.488. The Morgan fingerprint density at radius 3 is 2.18 bits per heavy atom. The highest BCUT2D eigenvalue weighted by atomic mass is 35.5. The summed E-state index contributed by atoms with van der Waals surface area (Å²) in [5.41, 5.74) is -4.23. The molecule has 0 saturated carbocycles. The van der Waals surface area contributed by atoms with Crippen LogP contribution in [0.2, 0.25) is 5.02 Å². The van der Waals surface area contributed by atoms with Gasteiger partial charge in [-0.25, -0.2) is 8.42 Å². The van der Waals surface area contributed by atoms with Gasteiger partial charge in [-0.2, -0.15) is 13.1 Å². The van der Waals surface area contributed by atoms with E-state index in [4.69, 9.17) is 26.1 Å². The van der Waals surface area contributed by atoms with E-state index in [1.807, 2.05) is 0 Å². The SMILES string of the molecule is COc1cccc(-c2ccccc2CN(Cc2ccc(C(F)(F)P(=O)(O)O)c(Cl)c2)S(=O)(=O)c2ccccc2OC(F)(F)F)c1. The molecule has 0 fully saturated rings. The Morgan fingerprint density at radius 2 is 1.53 bits per heavy atom. The average molecular weight is 692 g/mol. The number of hydrogen-bond acceptors (Lipinski definition) is 5. The van der Waals surface area contributed by atoms with Crippen LogP contribution in [0.4, 0.5) is 22.0 Å². The third kappa shape index (κ3) is 7.83. The van der Waals surface area contributed by atoms with Crippen molar-refractivity contribution >= 4 is 29.2 Å². The van der Waals surface area contributed by atoms with Crippen molar-refractivity contribution in [2.45, 2.75) is 30.0 Å². The molecule has 0 aliphatic rings. The number of halogens is 6. The lowest BCUT2D eigenvalue weighted by Gasteiger charge is -2.26. The molecule has 0 aromatic heterocycles. The number of nitrogens with zero attached hydrogens (tertiary/aromatic N) is 1. The minimum Gasteiger partial charge on any atom is -0.497 e. The van der Waals surface area contributed by atoms with E-state index in [0.29, 0.717) is 28.5 Å². The summed E-state index contributed by atoms with van der Waals surface area (Å²) < 4.78 is 118. The van der Waals surface area contributed by atoms with Gasteiger partial charge < -0.3 is 19.3 Å². The maximum atomic E-state index is 14.4. The van der Waals surface area contributed by atoms with E-state index in [-0.39, 0.29) is 5.56 Å². The first-order chi connectivity index (χ1) is 20.9. The first-order valence-electron chi connectivity index (χ1n) is 12.7. The fraction of sp³-hybridized carbons (Fsp3) is 0.172. The van der Waals surface area contributed by atoms with Gasteiger partial charge >= 0.3 is 19.6 Å². The lowest BCUT2D eigenvalue weighted by atomic mass is 9.99. The van der Waals surface area contributed by atoms with Crippen molar-refractivity contribution < 1.29 is 54.2 Å². The minimum absolute atomic E-state index is 0.0121. The predicted molar refractivity (Wildman–Crippen MR) is 155 cm³/mol. The molecule has 2 N–H and O–H groups in total. The van der Waals surface area contributed by atoms with E-state index in [0.717, 1.165) is 34.6 Å². The summed E-state index contributed by atoms with van der Waals surface area (Å²) in [6, 6.07) is 20.1. The molecule has 4 rings (SSSR count). The summed E-state index contributed by atoms with van der Waals surface area (Å²) in [4.78, 5) is 17.4. The number of benzene rings is 4. The maximum Gasteiger partial charge on any atom is 0.573 e. The second-order valence-electron chi connectivity index (χ2n) is 9.56. The molecule has 0 aliphatic carbocycles. The molecule has 0 heterocycles. The molecule has 16 heteroatoms. The van der Waals surface area contributed by atoms with Crippen LogP contribution < -0.4 is 9.47 Å². The second kappa shape index (κ2) is 13.1. The zero-order chi connectivity index (χ0) is 33.2. The lowest BCUT2D eigenvalue weighted by Crippen LogP contribution is -2.31. The first kappa shape index (κ1) is 34.4. The quantitative estimate of drug-likeness (QED) is 0.124. The van der Waals surface area contributed by atoms with Crippen molar-refractivity contribution in [3.05, 3.63) is 113 Å². The van der Waals surface area contributed by atoms with Crippen molar-refractivity contribution in [3.63, 3.8) is 0 Å². The Bertz CT molecular complexity index is 1850. The Balaban J connectivity index is 1.84. The van der Waals surface area contributed by atoms with Crippen LogP contribution in [0, 0.1) is 0 Å². The minimum atomic E-state index is -5.98. The van der Waals surface area contributed by atoms with E-state index >= 15 is 0 Å². The Hall–Kier alpha value is -3.52. The van der Waals surface area contributed by atoms with Crippen molar-refractivity contribution in [3.8, 4) is 22.6 Å². The van der Waals surface area contributed by atoms with Gasteiger partial charge in [0.1, 0.15) is 16.4 Å². The molecule has 0 saturated heterocycles. The topological polar surface area (TPSA) is 113 Å². The molecule has 8 nitrogen and oxygen atoms in total. The number of sulfonamides is 1. The molecule has 45 heavy (non-hydrogen) atoms. The number of alkyl halides is 5. The highest BCUT2D eigenvalue weighted by Crippen LogP contribution is 2.60. The third-order valence-electron chi connectivity index (χ3n) is 6.52. The molecule has 0 unspecified atom stereocenters. The molecule has 0 amide bonds. The van der Waals surface area contributed by atoms with Crippen LogP contribution in [0.15, 0.2) is 95.9 Å². The van der Waals surface area contributed by atoms with Gasteiger partial charge in [0.05, 0.1) is 17.7 Å². The van der Waals surface area contributed by atoms with Gasteiger partial charge in [-0.15, -0.1) is 13.2 Å². The molecule has 0 atom stereocenters. The first-order valence-corrected chi connectivity index (χ1v) is 16.2. The standard InChI is InChI=1S/C29H24ClF5NO7PS/c1-42-22-9-6-8-20(16-22)23-10-3-2-7-21(23)18-36(45(40,41)27-12-5-4-11-26(27)43-29(33,34)35)17-19-13-14-24(25(30)15-19)28(31,32)44(37,38)39/h2-16H,17-18H2,1H3,(H2,37,38,39). The fourth-order valence-corrected chi connectivity index (χ4v) is 6.84. The summed E-state index contributed by atoms with van der Waals surface area (Å²) in [6.45, 7) is -1.02. The van der Waals surface area contributed by atoms with Crippen LogP contribution in [0.3, 0.4) is 0 Å². The molecule has 240 valence electrons. The monoisotopic (exact) mass is 691 g/mol. The number of methoxy groups -OCH3 is 1. The van der Waals surface area contributed by atoms with E-state index in [9.17, 15) is 34.9 Å². The van der Waals surface area contributed by atoms with Gasteiger partial charge in [-0.05, 0) is 52.6 Å². The Morgan fingerprint density at radius 1 is 0.867 bits per heavy atom. The average Bonchev–Trinajstić information content (AvgIpc) is 2.96. The highest BCUT2D eigenvalue weighted by Gasteiger charge is 2.51. The Labute approximate surface area is 259 Å². The van der Waals surface area contributed by atoms with Crippen LogP contribution in [-0.4, -0.2) is 36.0 Å². The summed E-state index contributed by atoms with van der Waals surface area (Å²) in [5, 5.41) is -0.768. The van der Waals surface area contributed by atoms with Gasteiger partial charge in [-0.1, -0.05) is 72.3 Å². The molecule has 0 bridgehead atoms. The number of rotatable bonds is 11. The van der Waals surface area contributed by atoms with E-state index in [2.05, 4.69) is 4.74 Å². The van der Waals surface area contributed by atoms with Gasteiger partial charge in [0.2, 0.25) is 10.0 Å². The molecular formula is C29H24ClF5NO7PS. The lowest BCUT2D eigenvalue weighted by molar-refractivity contribution is -0.275. The zero-order valence-electron chi connectivity index (χ0n) is 23.1. The third-order valence-corrected chi connectivity index (χ3v) is 9.64. The maximum absolute atomic E-state index is 14.4. The molecule has 0 radical (unpaired) electrons. The van der Waals surface area contributed by atoms with Gasteiger partial charge in [-0.3, -0.25) is 4.57 Å². The smallest absolute Gasteiger partial charge is 0.497 e. The highest BCUT2D eigenvalue weighted by molar-refractivity contribution is 7.89. The van der Waals surface area contributed by atoms with Crippen LogP contribution in [0.25, 0.3) is 11.1 Å². The number of para-hydroxylation sites is 1. The van der Waals surface area contributed by atoms with E-state index in [1.165, 1.54) is 13.2 Å². The van der Waals surface area contributed by atoms with E-state index in [1.54, 1.807) is 48.5 Å². The van der Waals surface area contributed by atoms with Crippen LogP contribution in [-0.2, 0) is 33.3 Å². The predicted octanol–water partition coefficient (Wildman–Crippen LogP) is 7.53. The van der Waals surface area contributed by atoms with Gasteiger partial charge in [0.15, 0.2) is 0 Å². The summed E-state index contributed by atoms with van der Waals surface area (Å²) >= 11 is 5.98. The Kier molecular flexibility index (Phi) is 9.98. The molecule has 4 aromatic carbocycles. The number of hydrogen-bond donors (Lipinski definition) is 2. The van der Waals surface area contributed by atoms with E-state index < -0.39 is 64.0 Å².